The minimum absolute atomic E-state index is 0.0672. The van der Waals surface area contributed by atoms with Gasteiger partial charge in [0.25, 0.3) is 5.91 Å². The summed E-state index contributed by atoms with van der Waals surface area (Å²) in [7, 11) is 3.00. The third-order valence-electron chi connectivity index (χ3n) is 2.84. The first-order valence-electron chi connectivity index (χ1n) is 6.04. The maximum Gasteiger partial charge on any atom is 0.259 e. The smallest absolute Gasteiger partial charge is 0.259 e. The molecule has 0 unspecified atom stereocenters. The summed E-state index contributed by atoms with van der Waals surface area (Å²) in [5.74, 6) is -0.175. The van der Waals surface area contributed by atoms with E-state index < -0.39 is 11.7 Å². The number of nitrogens with one attached hydrogen (secondary N) is 1. The van der Waals surface area contributed by atoms with E-state index in [1.54, 1.807) is 24.3 Å². The van der Waals surface area contributed by atoms with E-state index >= 15 is 0 Å². The van der Waals surface area contributed by atoms with E-state index in [1.165, 1.54) is 26.4 Å². The molecule has 0 radical (unpaired) electrons. The number of hydrogen-bond donors (Lipinski definition) is 1. The highest BCUT2D eigenvalue weighted by Gasteiger charge is 2.17. The van der Waals surface area contributed by atoms with Gasteiger partial charge in [0.05, 0.1) is 25.5 Å². The Balaban J connectivity index is 2.35. The number of halogens is 2. The van der Waals surface area contributed by atoms with Crippen molar-refractivity contribution < 1.29 is 18.7 Å². The summed E-state index contributed by atoms with van der Waals surface area (Å²) in [6.07, 6.45) is 0. The predicted octanol–water partition coefficient (Wildman–Crippen LogP) is 3.86. The SMILES string of the molecule is COc1ccc(OC)c(NC(=O)c2c(F)cccc2Br)c1. The minimum atomic E-state index is -0.608. The molecule has 2 aromatic rings. The Morgan fingerprint density at radius 1 is 1.19 bits per heavy atom. The Kier molecular flexibility index (Phi) is 4.80. The normalized spacial score (nSPS) is 10.1. The van der Waals surface area contributed by atoms with E-state index in [0.717, 1.165) is 0 Å². The van der Waals surface area contributed by atoms with E-state index in [9.17, 15) is 9.18 Å². The zero-order valence-corrected chi connectivity index (χ0v) is 13.0. The van der Waals surface area contributed by atoms with Crippen molar-refractivity contribution in [3.05, 3.63) is 52.3 Å². The number of anilines is 1. The third-order valence-corrected chi connectivity index (χ3v) is 3.51. The van der Waals surface area contributed by atoms with Crippen LogP contribution in [0.3, 0.4) is 0 Å². The van der Waals surface area contributed by atoms with Crippen LogP contribution in [-0.4, -0.2) is 20.1 Å². The summed E-state index contributed by atoms with van der Waals surface area (Å²) in [6.45, 7) is 0. The lowest BCUT2D eigenvalue weighted by atomic mass is 10.2. The van der Waals surface area contributed by atoms with Crippen LogP contribution < -0.4 is 14.8 Å². The highest BCUT2D eigenvalue weighted by Crippen LogP contribution is 2.30. The highest BCUT2D eigenvalue weighted by atomic mass is 79.9. The number of carbonyl (C=O) groups is 1. The maximum absolute atomic E-state index is 13.8. The molecule has 1 amide bonds. The molecule has 2 aromatic carbocycles. The zero-order valence-electron chi connectivity index (χ0n) is 11.4. The van der Waals surface area contributed by atoms with Gasteiger partial charge in [-0.1, -0.05) is 6.07 Å². The summed E-state index contributed by atoms with van der Waals surface area (Å²) in [5, 5.41) is 2.62. The molecule has 0 spiro atoms. The van der Waals surface area contributed by atoms with Crippen molar-refractivity contribution in [3.63, 3.8) is 0 Å². The molecule has 6 heteroatoms. The van der Waals surface area contributed by atoms with Crippen LogP contribution in [0.15, 0.2) is 40.9 Å². The molecule has 0 saturated heterocycles. The number of ether oxygens (including phenoxy) is 2. The molecule has 0 atom stereocenters. The molecule has 0 fully saturated rings. The molecule has 0 aliphatic carbocycles. The molecule has 0 aromatic heterocycles. The topological polar surface area (TPSA) is 47.6 Å². The molecule has 2 rings (SSSR count). The first kappa shape index (κ1) is 15.3. The fourth-order valence-corrected chi connectivity index (χ4v) is 2.33. The molecule has 21 heavy (non-hydrogen) atoms. The summed E-state index contributed by atoms with van der Waals surface area (Å²) in [4.78, 5) is 12.2. The first-order chi connectivity index (χ1) is 10.1. The van der Waals surface area contributed by atoms with Crippen molar-refractivity contribution in [2.75, 3.05) is 19.5 Å². The van der Waals surface area contributed by atoms with Crippen molar-refractivity contribution in [2.45, 2.75) is 0 Å². The molecular weight excluding hydrogens is 341 g/mol. The van der Waals surface area contributed by atoms with Crippen molar-refractivity contribution in [1.82, 2.24) is 0 Å². The number of amides is 1. The van der Waals surface area contributed by atoms with E-state index in [4.69, 9.17) is 9.47 Å². The number of hydrogen-bond acceptors (Lipinski definition) is 3. The Labute approximate surface area is 130 Å². The molecule has 0 aliphatic heterocycles. The average Bonchev–Trinajstić information content (AvgIpc) is 2.47. The van der Waals surface area contributed by atoms with Crippen LogP contribution in [0.25, 0.3) is 0 Å². The van der Waals surface area contributed by atoms with Gasteiger partial charge in [0.15, 0.2) is 0 Å². The van der Waals surface area contributed by atoms with Crippen molar-refractivity contribution >= 4 is 27.5 Å². The van der Waals surface area contributed by atoms with Crippen molar-refractivity contribution in [3.8, 4) is 11.5 Å². The number of methoxy groups -OCH3 is 2. The van der Waals surface area contributed by atoms with E-state index in [-0.39, 0.29) is 5.56 Å². The van der Waals surface area contributed by atoms with Crippen LogP contribution in [0, 0.1) is 5.82 Å². The monoisotopic (exact) mass is 353 g/mol. The van der Waals surface area contributed by atoms with Crippen LogP contribution in [0.1, 0.15) is 10.4 Å². The second-order valence-electron chi connectivity index (χ2n) is 4.12. The Morgan fingerprint density at radius 3 is 2.57 bits per heavy atom. The molecule has 0 heterocycles. The van der Waals surface area contributed by atoms with Gasteiger partial charge < -0.3 is 14.8 Å². The second-order valence-corrected chi connectivity index (χ2v) is 4.97. The quantitative estimate of drug-likeness (QED) is 0.907. The molecule has 0 saturated carbocycles. The van der Waals surface area contributed by atoms with Crippen molar-refractivity contribution in [1.29, 1.82) is 0 Å². The molecule has 4 nitrogen and oxygen atoms in total. The summed E-state index contributed by atoms with van der Waals surface area (Å²) in [6, 6.07) is 9.30. The lowest BCUT2D eigenvalue weighted by molar-refractivity contribution is 0.102. The van der Waals surface area contributed by atoms with Crippen LogP contribution in [0.5, 0.6) is 11.5 Å². The van der Waals surface area contributed by atoms with E-state index in [0.29, 0.717) is 21.7 Å². The minimum Gasteiger partial charge on any atom is -0.497 e. The molecular formula is C15H13BrFNO3. The Morgan fingerprint density at radius 2 is 1.95 bits per heavy atom. The van der Waals surface area contributed by atoms with Gasteiger partial charge in [0.2, 0.25) is 0 Å². The Hall–Kier alpha value is -2.08. The van der Waals surface area contributed by atoms with Crippen LogP contribution in [-0.2, 0) is 0 Å². The van der Waals surface area contributed by atoms with Crippen molar-refractivity contribution in [2.24, 2.45) is 0 Å². The van der Waals surface area contributed by atoms with E-state index in [2.05, 4.69) is 21.2 Å². The van der Waals surface area contributed by atoms with Gasteiger partial charge in [-0.25, -0.2) is 4.39 Å². The van der Waals surface area contributed by atoms with Gasteiger partial charge in [-0.05, 0) is 40.2 Å². The molecule has 0 bridgehead atoms. The lowest BCUT2D eigenvalue weighted by Crippen LogP contribution is -2.15. The van der Waals surface area contributed by atoms with Gasteiger partial charge >= 0.3 is 0 Å². The average molecular weight is 354 g/mol. The first-order valence-corrected chi connectivity index (χ1v) is 6.83. The number of rotatable bonds is 4. The number of benzene rings is 2. The summed E-state index contributed by atoms with van der Waals surface area (Å²) < 4.78 is 24.4. The predicted molar refractivity (Wildman–Crippen MR) is 81.6 cm³/mol. The third kappa shape index (κ3) is 3.33. The fourth-order valence-electron chi connectivity index (χ4n) is 1.81. The largest absolute Gasteiger partial charge is 0.497 e. The Bertz CT molecular complexity index is 656. The molecule has 1 N–H and O–H groups in total. The van der Waals surface area contributed by atoms with Gasteiger partial charge in [-0.2, -0.15) is 0 Å². The number of carbonyl (C=O) groups excluding carboxylic acids is 1. The summed E-state index contributed by atoms with van der Waals surface area (Å²) in [5.41, 5.74) is 0.333. The van der Waals surface area contributed by atoms with Crippen LogP contribution >= 0.6 is 15.9 Å². The second kappa shape index (κ2) is 6.58. The standard InChI is InChI=1S/C15H13BrFNO3/c1-20-9-6-7-13(21-2)12(8-9)18-15(19)14-10(16)4-3-5-11(14)17/h3-8H,1-2H3,(H,18,19). The zero-order chi connectivity index (χ0) is 15.4. The fraction of sp³-hybridized carbons (Fsp3) is 0.133. The molecule has 0 aliphatic rings. The summed E-state index contributed by atoms with van der Waals surface area (Å²) >= 11 is 3.17. The lowest BCUT2D eigenvalue weighted by Gasteiger charge is -2.12. The highest BCUT2D eigenvalue weighted by molar-refractivity contribution is 9.10. The van der Waals surface area contributed by atoms with E-state index in [1.807, 2.05) is 0 Å². The van der Waals surface area contributed by atoms with Gasteiger partial charge in [-0.15, -0.1) is 0 Å². The van der Waals surface area contributed by atoms with Crippen LogP contribution in [0.4, 0.5) is 10.1 Å². The molecule has 110 valence electrons. The maximum atomic E-state index is 13.8. The van der Waals surface area contributed by atoms with Gasteiger partial charge in [0, 0.05) is 10.5 Å². The van der Waals surface area contributed by atoms with Gasteiger partial charge in [0.1, 0.15) is 17.3 Å². The van der Waals surface area contributed by atoms with Crippen LogP contribution in [0.2, 0.25) is 0 Å². The van der Waals surface area contributed by atoms with Gasteiger partial charge in [-0.3, -0.25) is 4.79 Å².